The summed E-state index contributed by atoms with van der Waals surface area (Å²) in [7, 11) is 0. The second-order valence-corrected chi connectivity index (χ2v) is 8.52. The standard InChI is InChI=1S/C18H15N5OS2/c24-16-14-11-7-4-8-25-18(11)26-17(14)21-12(20-16)9-13-19-15(23-22-13)10-5-2-1-3-6-10/h1-3,5-6H,4,7-9H2,(H,19,22,23)(H,20,21,24). The van der Waals surface area contributed by atoms with E-state index in [-0.39, 0.29) is 5.56 Å². The lowest BCUT2D eigenvalue weighted by Crippen LogP contribution is -2.13. The lowest BCUT2D eigenvalue weighted by Gasteiger charge is -2.09. The molecule has 3 aromatic heterocycles. The van der Waals surface area contributed by atoms with Crippen LogP contribution in [0, 0.1) is 0 Å². The molecule has 0 amide bonds. The number of hydrogen-bond donors (Lipinski definition) is 2. The number of aryl methyl sites for hydroxylation is 1. The first-order valence-corrected chi connectivity index (χ1v) is 10.2. The molecule has 0 atom stereocenters. The van der Waals surface area contributed by atoms with Crippen LogP contribution in [-0.2, 0) is 12.8 Å². The second-order valence-electron chi connectivity index (χ2n) is 6.16. The third-order valence-corrected chi connectivity index (χ3v) is 6.90. The Hall–Kier alpha value is -2.45. The molecule has 5 rings (SSSR count). The first kappa shape index (κ1) is 15.8. The lowest BCUT2D eigenvalue weighted by atomic mass is 10.1. The van der Waals surface area contributed by atoms with E-state index in [9.17, 15) is 4.79 Å². The van der Waals surface area contributed by atoms with Gasteiger partial charge in [0.25, 0.3) is 5.56 Å². The molecule has 0 saturated heterocycles. The Morgan fingerprint density at radius 2 is 2.00 bits per heavy atom. The molecule has 130 valence electrons. The van der Waals surface area contributed by atoms with Gasteiger partial charge in [0.2, 0.25) is 0 Å². The summed E-state index contributed by atoms with van der Waals surface area (Å²) in [6.45, 7) is 0. The van der Waals surface area contributed by atoms with Crippen molar-refractivity contribution in [3.8, 4) is 11.4 Å². The average molecular weight is 381 g/mol. The molecule has 1 aliphatic heterocycles. The second kappa shape index (κ2) is 6.37. The lowest BCUT2D eigenvalue weighted by molar-refractivity contribution is 0.891. The Labute approximate surface area is 157 Å². The number of thioether (sulfide) groups is 1. The Balaban J connectivity index is 1.49. The van der Waals surface area contributed by atoms with Gasteiger partial charge in [-0.2, -0.15) is 5.10 Å². The zero-order chi connectivity index (χ0) is 17.5. The van der Waals surface area contributed by atoms with Gasteiger partial charge in [-0.1, -0.05) is 30.3 Å². The normalized spacial score (nSPS) is 13.8. The molecule has 0 spiro atoms. The number of hydrogen-bond acceptors (Lipinski definition) is 6. The summed E-state index contributed by atoms with van der Waals surface area (Å²) in [6, 6.07) is 9.80. The van der Waals surface area contributed by atoms with Crippen LogP contribution in [-0.4, -0.2) is 30.9 Å². The number of thiophene rings is 1. The quantitative estimate of drug-likeness (QED) is 0.568. The van der Waals surface area contributed by atoms with Gasteiger partial charge >= 0.3 is 0 Å². The van der Waals surface area contributed by atoms with E-state index in [1.807, 2.05) is 42.1 Å². The van der Waals surface area contributed by atoms with E-state index in [4.69, 9.17) is 0 Å². The van der Waals surface area contributed by atoms with Crippen molar-refractivity contribution < 1.29 is 0 Å². The highest BCUT2D eigenvalue weighted by Crippen LogP contribution is 2.40. The predicted octanol–water partition coefficient (Wildman–Crippen LogP) is 3.40. The van der Waals surface area contributed by atoms with E-state index in [1.54, 1.807) is 11.3 Å². The minimum atomic E-state index is -0.0483. The molecule has 1 aromatic carbocycles. The molecular formula is C18H15N5OS2. The van der Waals surface area contributed by atoms with E-state index in [0.717, 1.165) is 34.4 Å². The third-order valence-electron chi connectivity index (χ3n) is 4.38. The Kier molecular flexibility index (Phi) is 3.86. The topological polar surface area (TPSA) is 87.3 Å². The van der Waals surface area contributed by atoms with Crippen molar-refractivity contribution in [2.45, 2.75) is 23.5 Å². The maximum Gasteiger partial charge on any atom is 0.259 e. The number of benzene rings is 1. The molecule has 1 aliphatic rings. The zero-order valence-electron chi connectivity index (χ0n) is 13.8. The van der Waals surface area contributed by atoms with Gasteiger partial charge in [0.05, 0.1) is 16.0 Å². The third kappa shape index (κ3) is 2.75. The molecule has 6 nitrogen and oxygen atoms in total. The fourth-order valence-electron chi connectivity index (χ4n) is 3.18. The van der Waals surface area contributed by atoms with Crippen LogP contribution in [0.3, 0.4) is 0 Å². The summed E-state index contributed by atoms with van der Waals surface area (Å²) in [5.74, 6) is 3.06. The van der Waals surface area contributed by atoms with Gasteiger partial charge in [-0.15, -0.1) is 23.1 Å². The van der Waals surface area contributed by atoms with Crippen LogP contribution in [0.25, 0.3) is 21.6 Å². The molecule has 0 saturated carbocycles. The van der Waals surface area contributed by atoms with Crippen molar-refractivity contribution in [3.05, 3.63) is 57.9 Å². The van der Waals surface area contributed by atoms with Gasteiger partial charge < -0.3 is 4.98 Å². The van der Waals surface area contributed by atoms with Gasteiger partial charge in [-0.3, -0.25) is 9.89 Å². The summed E-state index contributed by atoms with van der Waals surface area (Å²) in [5, 5.41) is 7.98. The molecule has 4 heterocycles. The highest BCUT2D eigenvalue weighted by molar-refractivity contribution is 8.01. The molecule has 0 unspecified atom stereocenters. The summed E-state index contributed by atoms with van der Waals surface area (Å²) in [4.78, 5) is 25.6. The molecule has 0 aliphatic carbocycles. The van der Waals surface area contributed by atoms with E-state index >= 15 is 0 Å². The van der Waals surface area contributed by atoms with Crippen LogP contribution in [0.5, 0.6) is 0 Å². The minimum absolute atomic E-state index is 0.0483. The van der Waals surface area contributed by atoms with E-state index in [1.165, 1.54) is 9.77 Å². The Morgan fingerprint density at radius 3 is 2.88 bits per heavy atom. The summed E-state index contributed by atoms with van der Waals surface area (Å²) in [6.07, 6.45) is 2.50. The number of fused-ring (bicyclic) bond motifs is 3. The zero-order valence-corrected chi connectivity index (χ0v) is 15.4. The van der Waals surface area contributed by atoms with Crippen LogP contribution < -0.4 is 5.56 Å². The predicted molar refractivity (Wildman–Crippen MR) is 104 cm³/mol. The van der Waals surface area contributed by atoms with Crippen LogP contribution in [0.1, 0.15) is 23.6 Å². The fourth-order valence-corrected chi connectivity index (χ4v) is 5.73. The number of aromatic nitrogens is 5. The van der Waals surface area contributed by atoms with Crippen LogP contribution >= 0.6 is 23.1 Å². The molecule has 26 heavy (non-hydrogen) atoms. The van der Waals surface area contributed by atoms with E-state index in [2.05, 4.69) is 25.1 Å². The van der Waals surface area contributed by atoms with Gasteiger partial charge in [-0.05, 0) is 24.2 Å². The Morgan fingerprint density at radius 1 is 1.12 bits per heavy atom. The maximum absolute atomic E-state index is 12.6. The molecule has 0 fully saturated rings. The largest absolute Gasteiger partial charge is 0.310 e. The molecular weight excluding hydrogens is 366 g/mol. The van der Waals surface area contributed by atoms with Crippen molar-refractivity contribution >= 4 is 33.3 Å². The molecule has 8 heteroatoms. The number of nitrogens with zero attached hydrogens (tertiary/aromatic N) is 3. The van der Waals surface area contributed by atoms with Crippen LogP contribution in [0.15, 0.2) is 39.3 Å². The van der Waals surface area contributed by atoms with Gasteiger partial charge in [-0.25, -0.2) is 9.97 Å². The number of nitrogens with one attached hydrogen (secondary N) is 2. The summed E-state index contributed by atoms with van der Waals surface area (Å²) < 4.78 is 1.24. The minimum Gasteiger partial charge on any atom is -0.310 e. The summed E-state index contributed by atoms with van der Waals surface area (Å²) >= 11 is 3.46. The van der Waals surface area contributed by atoms with Crippen molar-refractivity contribution in [1.82, 2.24) is 25.1 Å². The maximum atomic E-state index is 12.6. The molecule has 4 aromatic rings. The highest BCUT2D eigenvalue weighted by Gasteiger charge is 2.20. The van der Waals surface area contributed by atoms with Gasteiger partial charge in [0.15, 0.2) is 5.82 Å². The van der Waals surface area contributed by atoms with Gasteiger partial charge in [0.1, 0.15) is 16.5 Å². The average Bonchev–Trinajstić information content (AvgIpc) is 3.27. The van der Waals surface area contributed by atoms with Crippen LogP contribution in [0.2, 0.25) is 0 Å². The van der Waals surface area contributed by atoms with Gasteiger partial charge in [0, 0.05) is 5.56 Å². The fraction of sp³-hybridized carbons (Fsp3) is 0.222. The molecule has 0 bridgehead atoms. The number of rotatable bonds is 3. The first-order chi connectivity index (χ1) is 12.8. The molecule has 0 radical (unpaired) electrons. The molecule has 2 N–H and O–H groups in total. The number of H-pyrrole nitrogens is 2. The smallest absolute Gasteiger partial charge is 0.259 e. The van der Waals surface area contributed by atoms with E-state index < -0.39 is 0 Å². The first-order valence-electron chi connectivity index (χ1n) is 8.42. The Bertz CT molecular complexity index is 1150. The van der Waals surface area contributed by atoms with Crippen molar-refractivity contribution in [2.75, 3.05) is 5.75 Å². The van der Waals surface area contributed by atoms with E-state index in [0.29, 0.717) is 23.9 Å². The highest BCUT2D eigenvalue weighted by atomic mass is 32.2. The SMILES string of the molecule is O=c1[nH]c(Cc2nc(-c3ccccc3)n[nH]2)nc2sc3c(c12)CCCS3. The van der Waals surface area contributed by atoms with Crippen molar-refractivity contribution in [1.29, 1.82) is 0 Å². The monoisotopic (exact) mass is 381 g/mol. The summed E-state index contributed by atoms with van der Waals surface area (Å²) in [5.41, 5.74) is 2.08. The van der Waals surface area contributed by atoms with Crippen molar-refractivity contribution in [2.24, 2.45) is 0 Å². The van der Waals surface area contributed by atoms with Crippen LogP contribution in [0.4, 0.5) is 0 Å². The van der Waals surface area contributed by atoms with Crippen molar-refractivity contribution in [3.63, 3.8) is 0 Å². The number of aromatic amines is 2.